The van der Waals surface area contributed by atoms with Crippen LogP contribution in [0.25, 0.3) is 22.9 Å². The van der Waals surface area contributed by atoms with E-state index in [1.807, 2.05) is 30.3 Å². The molecule has 3 aromatic rings. The van der Waals surface area contributed by atoms with Gasteiger partial charge >= 0.3 is 0 Å². The molecule has 144 valence electrons. The third kappa shape index (κ3) is 3.68. The number of amides is 1. The van der Waals surface area contributed by atoms with E-state index in [0.29, 0.717) is 29.3 Å². The minimum absolute atomic E-state index is 0.0254. The van der Waals surface area contributed by atoms with E-state index in [2.05, 4.69) is 10.2 Å². The number of hydrogen-bond acceptors (Lipinski definition) is 6. The lowest BCUT2D eigenvalue weighted by Gasteiger charge is -2.23. The van der Waals surface area contributed by atoms with Gasteiger partial charge in [-0.15, -0.1) is 10.2 Å². The van der Waals surface area contributed by atoms with Gasteiger partial charge in [0.2, 0.25) is 11.8 Å². The number of rotatable bonds is 4. The van der Waals surface area contributed by atoms with Gasteiger partial charge in [-0.1, -0.05) is 18.2 Å². The van der Waals surface area contributed by atoms with Crippen molar-refractivity contribution in [2.75, 3.05) is 18.6 Å². The molecule has 2 aromatic carbocycles. The van der Waals surface area contributed by atoms with Gasteiger partial charge in [0.15, 0.2) is 9.84 Å². The van der Waals surface area contributed by atoms with Crippen LogP contribution >= 0.6 is 0 Å². The summed E-state index contributed by atoms with van der Waals surface area (Å²) in [5.74, 6) is 0.752. The van der Waals surface area contributed by atoms with E-state index in [-0.39, 0.29) is 23.5 Å². The van der Waals surface area contributed by atoms with Crippen LogP contribution in [0.2, 0.25) is 0 Å². The normalized spacial score (nSPS) is 18.1. The van der Waals surface area contributed by atoms with Crippen LogP contribution in [0.3, 0.4) is 0 Å². The predicted octanol–water partition coefficient (Wildman–Crippen LogP) is 2.66. The number of carbonyl (C=O) groups is 1. The molecule has 0 radical (unpaired) electrons. The molecule has 1 amide bonds. The number of nitrogens with zero attached hydrogens (tertiary/aromatic N) is 3. The fraction of sp³-hybridized carbons (Fsp3) is 0.250. The van der Waals surface area contributed by atoms with Gasteiger partial charge in [0.25, 0.3) is 5.91 Å². The Hall–Kier alpha value is -3.00. The van der Waals surface area contributed by atoms with Gasteiger partial charge in [0, 0.05) is 29.8 Å². The summed E-state index contributed by atoms with van der Waals surface area (Å²) >= 11 is 0. The fourth-order valence-corrected chi connectivity index (χ4v) is 5.02. The number of carbonyl (C=O) groups excluding carboxylic acids is 1. The Kier molecular flexibility index (Phi) is 4.72. The van der Waals surface area contributed by atoms with Crippen LogP contribution < -0.4 is 0 Å². The molecule has 1 aliphatic rings. The summed E-state index contributed by atoms with van der Waals surface area (Å²) in [6, 6.07) is 16.1. The molecular weight excluding hydrogens is 378 g/mol. The van der Waals surface area contributed by atoms with E-state index in [4.69, 9.17) is 4.42 Å². The summed E-state index contributed by atoms with van der Waals surface area (Å²) in [6.45, 7) is 0. The first-order valence-corrected chi connectivity index (χ1v) is 10.7. The van der Waals surface area contributed by atoms with Crippen molar-refractivity contribution in [1.82, 2.24) is 15.1 Å². The lowest BCUT2D eigenvalue weighted by atomic mass is 10.1. The third-order valence-corrected chi connectivity index (χ3v) is 6.65. The van der Waals surface area contributed by atoms with Crippen molar-refractivity contribution in [3.63, 3.8) is 0 Å². The summed E-state index contributed by atoms with van der Waals surface area (Å²) in [5, 5.41) is 8.14. The molecule has 1 atom stereocenters. The van der Waals surface area contributed by atoms with Crippen LogP contribution in [0.5, 0.6) is 0 Å². The van der Waals surface area contributed by atoms with E-state index in [0.717, 1.165) is 5.56 Å². The number of aromatic nitrogens is 2. The topological polar surface area (TPSA) is 93.4 Å². The highest BCUT2D eigenvalue weighted by atomic mass is 32.2. The molecule has 7 nitrogen and oxygen atoms in total. The maximum Gasteiger partial charge on any atom is 0.253 e. The highest BCUT2D eigenvalue weighted by Gasteiger charge is 2.33. The molecule has 28 heavy (non-hydrogen) atoms. The van der Waals surface area contributed by atoms with Crippen LogP contribution in [0, 0.1) is 0 Å². The van der Waals surface area contributed by atoms with Gasteiger partial charge in [-0.25, -0.2) is 8.42 Å². The van der Waals surface area contributed by atoms with Gasteiger partial charge in [0.1, 0.15) is 0 Å². The minimum Gasteiger partial charge on any atom is -0.416 e. The van der Waals surface area contributed by atoms with Crippen molar-refractivity contribution < 1.29 is 17.6 Å². The highest BCUT2D eigenvalue weighted by Crippen LogP contribution is 2.25. The van der Waals surface area contributed by atoms with Gasteiger partial charge in [0.05, 0.1) is 11.5 Å². The summed E-state index contributed by atoms with van der Waals surface area (Å²) in [4.78, 5) is 14.2. The number of sulfone groups is 1. The minimum atomic E-state index is -3.04. The average molecular weight is 397 g/mol. The molecule has 2 heterocycles. The molecule has 4 rings (SSSR count). The second-order valence-electron chi connectivity index (χ2n) is 6.83. The summed E-state index contributed by atoms with van der Waals surface area (Å²) in [5.41, 5.74) is 2.02. The van der Waals surface area contributed by atoms with E-state index in [9.17, 15) is 13.2 Å². The van der Waals surface area contributed by atoms with Crippen molar-refractivity contribution in [1.29, 1.82) is 0 Å². The molecule has 1 fully saturated rings. The quantitative estimate of drug-likeness (QED) is 0.672. The van der Waals surface area contributed by atoms with Crippen molar-refractivity contribution in [2.24, 2.45) is 0 Å². The van der Waals surface area contributed by atoms with Crippen LogP contribution in [0.4, 0.5) is 0 Å². The molecule has 8 heteroatoms. The molecule has 0 saturated carbocycles. The van der Waals surface area contributed by atoms with Crippen LogP contribution in [0.1, 0.15) is 16.8 Å². The largest absolute Gasteiger partial charge is 0.416 e. The molecule has 0 N–H and O–H groups in total. The van der Waals surface area contributed by atoms with E-state index in [1.165, 1.54) is 4.90 Å². The first kappa shape index (κ1) is 18.4. The molecule has 1 aromatic heterocycles. The molecule has 0 aliphatic carbocycles. The smallest absolute Gasteiger partial charge is 0.253 e. The van der Waals surface area contributed by atoms with Crippen molar-refractivity contribution in [3.8, 4) is 22.9 Å². The number of hydrogen-bond donors (Lipinski definition) is 0. The van der Waals surface area contributed by atoms with Gasteiger partial charge < -0.3 is 9.32 Å². The van der Waals surface area contributed by atoms with Gasteiger partial charge in [-0.3, -0.25) is 4.79 Å². The molecule has 1 aliphatic heterocycles. The zero-order valence-corrected chi connectivity index (χ0v) is 16.1. The average Bonchev–Trinajstić information content (AvgIpc) is 3.34. The predicted molar refractivity (Wildman–Crippen MR) is 104 cm³/mol. The SMILES string of the molecule is CN(C(=O)c1ccc(-c2nnc(-c3ccccc3)o2)cc1)C1CCS(=O)(=O)C1. The van der Waals surface area contributed by atoms with E-state index in [1.54, 1.807) is 31.3 Å². The maximum atomic E-state index is 12.7. The summed E-state index contributed by atoms with van der Waals surface area (Å²) < 4.78 is 29.0. The first-order valence-electron chi connectivity index (χ1n) is 8.90. The zero-order chi connectivity index (χ0) is 19.7. The summed E-state index contributed by atoms with van der Waals surface area (Å²) in [7, 11) is -1.40. The van der Waals surface area contributed by atoms with Crippen LogP contribution in [0.15, 0.2) is 59.0 Å². The molecule has 0 spiro atoms. The van der Waals surface area contributed by atoms with Crippen LogP contribution in [-0.2, 0) is 9.84 Å². The Morgan fingerprint density at radius 1 is 1.00 bits per heavy atom. The van der Waals surface area contributed by atoms with E-state index >= 15 is 0 Å². The Labute approximate surface area is 162 Å². The monoisotopic (exact) mass is 397 g/mol. The second-order valence-corrected chi connectivity index (χ2v) is 9.06. The highest BCUT2D eigenvalue weighted by molar-refractivity contribution is 7.91. The Bertz CT molecular complexity index is 1090. The fourth-order valence-electron chi connectivity index (χ4n) is 3.24. The maximum absolute atomic E-state index is 12.7. The Morgan fingerprint density at radius 3 is 2.18 bits per heavy atom. The Balaban J connectivity index is 1.50. The molecular formula is C20H19N3O4S. The standard InChI is InChI=1S/C20H19N3O4S/c1-23(17-11-12-28(25,26)13-17)20(24)16-9-7-15(8-10-16)19-22-21-18(27-19)14-5-3-2-4-6-14/h2-10,17H,11-13H2,1H3. The lowest BCUT2D eigenvalue weighted by Crippen LogP contribution is -2.37. The lowest BCUT2D eigenvalue weighted by molar-refractivity contribution is 0.0747. The molecule has 0 bridgehead atoms. The second kappa shape index (κ2) is 7.20. The van der Waals surface area contributed by atoms with Crippen LogP contribution in [-0.4, -0.2) is 54.0 Å². The molecule has 1 saturated heterocycles. The van der Waals surface area contributed by atoms with Crippen molar-refractivity contribution >= 4 is 15.7 Å². The van der Waals surface area contributed by atoms with Crippen molar-refractivity contribution in [2.45, 2.75) is 12.5 Å². The third-order valence-electron chi connectivity index (χ3n) is 4.90. The first-order chi connectivity index (χ1) is 13.4. The van der Waals surface area contributed by atoms with Gasteiger partial charge in [-0.2, -0.15) is 0 Å². The van der Waals surface area contributed by atoms with Crippen molar-refractivity contribution in [3.05, 3.63) is 60.2 Å². The van der Waals surface area contributed by atoms with E-state index < -0.39 is 9.84 Å². The number of benzene rings is 2. The Morgan fingerprint density at radius 2 is 1.61 bits per heavy atom. The zero-order valence-electron chi connectivity index (χ0n) is 15.3. The molecule has 1 unspecified atom stereocenters. The summed E-state index contributed by atoms with van der Waals surface area (Å²) in [6.07, 6.45) is 0.479. The van der Waals surface area contributed by atoms with Gasteiger partial charge in [-0.05, 0) is 42.8 Å².